The number of hydrogen-bond acceptors (Lipinski definition) is 7. The Labute approximate surface area is 132 Å². The van der Waals surface area contributed by atoms with Gasteiger partial charge in [0.1, 0.15) is 12.1 Å². The van der Waals surface area contributed by atoms with Gasteiger partial charge in [-0.05, 0) is 26.3 Å². The van der Waals surface area contributed by atoms with Crippen molar-refractivity contribution >= 4 is 22.3 Å². The largest absolute Gasteiger partial charge is 0.418 e. The van der Waals surface area contributed by atoms with Crippen LogP contribution in [-0.4, -0.2) is 72.7 Å². The van der Waals surface area contributed by atoms with E-state index in [1.807, 2.05) is 0 Å². The Bertz CT molecular complexity index is 611. The third kappa shape index (κ3) is 3.40. The number of hydrogen-bond donors (Lipinski definition) is 3. The lowest BCUT2D eigenvalue weighted by Gasteiger charge is -2.28. The molecular weight excluding hydrogens is 332 g/mol. The Morgan fingerprint density at radius 3 is 2.74 bits per heavy atom. The van der Waals surface area contributed by atoms with Crippen LogP contribution in [0.1, 0.15) is 19.3 Å². The summed E-state index contributed by atoms with van der Waals surface area (Å²) in [6, 6.07) is -1.85. The summed E-state index contributed by atoms with van der Waals surface area (Å²) >= 11 is 0. The molecule has 11 nitrogen and oxygen atoms in total. The fraction of sp³-hybridized carbons (Fsp3) is 0.818. The molecule has 0 aromatic heterocycles. The molecule has 3 fully saturated rings. The molecule has 1 saturated carbocycles. The summed E-state index contributed by atoms with van der Waals surface area (Å²) in [5.74, 6) is -0.466. The Balaban J connectivity index is 1.58. The van der Waals surface area contributed by atoms with Gasteiger partial charge in [-0.1, -0.05) is 0 Å². The van der Waals surface area contributed by atoms with Crippen molar-refractivity contribution in [2.75, 3.05) is 13.6 Å². The van der Waals surface area contributed by atoms with Crippen LogP contribution >= 0.6 is 0 Å². The zero-order valence-electron chi connectivity index (χ0n) is 12.3. The first-order valence-electron chi connectivity index (χ1n) is 7.19. The second-order valence-electron chi connectivity index (χ2n) is 5.76. The highest BCUT2D eigenvalue weighted by Gasteiger charge is 2.49. The van der Waals surface area contributed by atoms with Crippen LogP contribution in [0, 0.1) is 0 Å². The summed E-state index contributed by atoms with van der Waals surface area (Å²) in [6.45, 7) is 0.148. The number of likely N-dealkylation sites (N-methyl/N-ethyl adjacent to an activating group) is 1. The lowest BCUT2D eigenvalue weighted by atomic mass is 10.0. The van der Waals surface area contributed by atoms with Gasteiger partial charge >= 0.3 is 16.4 Å². The van der Waals surface area contributed by atoms with Crippen molar-refractivity contribution in [3.05, 3.63) is 0 Å². The van der Waals surface area contributed by atoms with Gasteiger partial charge in [-0.3, -0.25) is 14.2 Å². The van der Waals surface area contributed by atoms with Crippen LogP contribution in [0.2, 0.25) is 0 Å². The first kappa shape index (κ1) is 16.4. The minimum absolute atomic E-state index is 0.0890. The molecule has 12 heteroatoms. The van der Waals surface area contributed by atoms with Gasteiger partial charge in [-0.15, -0.1) is 4.28 Å². The molecule has 0 spiro atoms. The van der Waals surface area contributed by atoms with Crippen LogP contribution in [-0.2, 0) is 24.3 Å². The van der Waals surface area contributed by atoms with E-state index in [0.717, 1.165) is 6.42 Å². The molecule has 2 bridgehead atoms. The monoisotopic (exact) mass is 350 g/mol. The number of carbonyl (C=O) groups excluding carboxylic acids is 2. The average molecular weight is 350 g/mol. The Hall–Kier alpha value is -1.47. The topological polar surface area (TPSA) is 138 Å². The maximum Gasteiger partial charge on any atom is 0.418 e. The van der Waals surface area contributed by atoms with E-state index in [1.54, 1.807) is 7.05 Å². The Morgan fingerprint density at radius 1 is 1.39 bits per heavy atom. The number of carbonyl (C=O) groups is 2. The second-order valence-corrected chi connectivity index (χ2v) is 6.77. The second kappa shape index (κ2) is 5.87. The minimum atomic E-state index is -4.79. The Morgan fingerprint density at radius 2 is 2.13 bits per heavy atom. The third-order valence-corrected chi connectivity index (χ3v) is 4.56. The summed E-state index contributed by atoms with van der Waals surface area (Å²) in [5, 5.41) is 3.61. The van der Waals surface area contributed by atoms with E-state index in [0.29, 0.717) is 17.9 Å². The van der Waals surface area contributed by atoms with Crippen molar-refractivity contribution < 1.29 is 31.7 Å². The van der Waals surface area contributed by atoms with Crippen LogP contribution in [0.15, 0.2) is 0 Å². The molecule has 23 heavy (non-hydrogen) atoms. The van der Waals surface area contributed by atoms with Gasteiger partial charge in [-0.25, -0.2) is 10.3 Å². The molecule has 130 valence electrons. The maximum atomic E-state index is 12.2. The zero-order chi connectivity index (χ0) is 16.8. The van der Waals surface area contributed by atoms with Crippen molar-refractivity contribution in [3.8, 4) is 0 Å². The summed E-state index contributed by atoms with van der Waals surface area (Å²) < 4.78 is 34.6. The number of nitrogens with one attached hydrogen (secondary N) is 2. The van der Waals surface area contributed by atoms with E-state index in [4.69, 9.17) is 9.39 Å². The predicted molar refractivity (Wildman–Crippen MR) is 73.9 cm³/mol. The van der Waals surface area contributed by atoms with Crippen LogP contribution in [0.25, 0.3) is 0 Å². The lowest BCUT2D eigenvalue weighted by molar-refractivity contribution is -0.140. The molecule has 0 aromatic rings. The summed E-state index contributed by atoms with van der Waals surface area (Å²) in [7, 11) is -3.00. The summed E-state index contributed by atoms with van der Waals surface area (Å²) in [4.78, 5) is 30.8. The van der Waals surface area contributed by atoms with Gasteiger partial charge in [0.25, 0.3) is 5.91 Å². The van der Waals surface area contributed by atoms with Gasteiger partial charge in [0, 0.05) is 12.6 Å². The van der Waals surface area contributed by atoms with Gasteiger partial charge in [-0.2, -0.15) is 13.5 Å². The molecule has 1 aliphatic carbocycles. The molecule has 2 unspecified atom stereocenters. The predicted octanol–water partition coefficient (Wildman–Crippen LogP) is -1.60. The molecule has 3 aliphatic rings. The van der Waals surface area contributed by atoms with Gasteiger partial charge in [0.05, 0.1) is 6.04 Å². The molecule has 3 amide bonds. The number of piperidine rings is 1. The fourth-order valence-electron chi connectivity index (χ4n) is 2.91. The third-order valence-electron chi connectivity index (χ3n) is 4.21. The molecular formula is C11H18N4O7S. The number of nitrogens with zero attached hydrogens (tertiary/aromatic N) is 2. The van der Waals surface area contributed by atoms with Gasteiger partial charge < -0.3 is 10.2 Å². The van der Waals surface area contributed by atoms with E-state index in [-0.39, 0.29) is 18.7 Å². The molecule has 0 radical (unpaired) electrons. The Kier molecular flexibility index (Phi) is 4.18. The number of urea groups is 1. The molecule has 4 atom stereocenters. The maximum absolute atomic E-state index is 12.2. The first-order chi connectivity index (χ1) is 10.8. The minimum Gasteiger partial charge on any atom is -0.314 e. The van der Waals surface area contributed by atoms with Crippen molar-refractivity contribution in [1.82, 2.24) is 20.8 Å². The van der Waals surface area contributed by atoms with Crippen molar-refractivity contribution in [2.24, 2.45) is 0 Å². The van der Waals surface area contributed by atoms with E-state index in [1.165, 1.54) is 4.90 Å². The molecule has 3 rings (SSSR count). The smallest absolute Gasteiger partial charge is 0.314 e. The van der Waals surface area contributed by atoms with Crippen LogP contribution < -0.4 is 10.8 Å². The van der Waals surface area contributed by atoms with Crippen LogP contribution in [0.3, 0.4) is 0 Å². The average Bonchev–Trinajstić information content (AvgIpc) is 3.22. The standard InChI is InChI=1S/C11H18N4O7S/c1-12-7-4-9(7)21-13-10(16)8-3-2-6-5-14(8)11(17)15(6)22-23(18,19)20/h6-9,12H,2-5H2,1H3,(H,13,16)(H,18,19,20)/t6-,7?,8+,9?/m1/s1. The van der Waals surface area contributed by atoms with Crippen LogP contribution in [0.4, 0.5) is 4.79 Å². The SMILES string of the molecule is CNC1CC1ONC(=O)[C@@H]1CC[C@@H]2CN1C(=O)N2OS(=O)(=O)O. The van der Waals surface area contributed by atoms with Gasteiger partial charge in [0.15, 0.2) is 0 Å². The molecule has 0 aromatic carbocycles. The van der Waals surface area contributed by atoms with Crippen molar-refractivity contribution in [1.29, 1.82) is 0 Å². The highest BCUT2D eigenvalue weighted by atomic mass is 32.3. The van der Waals surface area contributed by atoms with Crippen molar-refractivity contribution in [3.63, 3.8) is 0 Å². The normalized spacial score (nSPS) is 33.0. The fourth-order valence-corrected chi connectivity index (χ4v) is 3.30. The van der Waals surface area contributed by atoms with Crippen molar-refractivity contribution in [2.45, 2.75) is 43.5 Å². The number of rotatable bonds is 6. The van der Waals surface area contributed by atoms with Gasteiger partial charge in [0.2, 0.25) is 0 Å². The molecule has 2 saturated heterocycles. The zero-order valence-corrected chi connectivity index (χ0v) is 13.2. The van der Waals surface area contributed by atoms with Crippen LogP contribution in [0.5, 0.6) is 0 Å². The van der Waals surface area contributed by atoms with E-state index < -0.39 is 34.4 Å². The van der Waals surface area contributed by atoms with E-state index in [9.17, 15) is 18.0 Å². The number of amides is 3. The molecule has 2 aliphatic heterocycles. The number of fused-ring (bicyclic) bond motifs is 2. The quantitative estimate of drug-likeness (QED) is 0.385. The first-order valence-corrected chi connectivity index (χ1v) is 8.56. The number of hydroxylamine groups is 3. The van der Waals surface area contributed by atoms with E-state index in [2.05, 4.69) is 15.1 Å². The lowest BCUT2D eigenvalue weighted by Crippen LogP contribution is -2.50. The molecule has 3 N–H and O–H groups in total. The molecule has 2 heterocycles. The summed E-state index contributed by atoms with van der Waals surface area (Å²) in [5.41, 5.74) is 2.35. The summed E-state index contributed by atoms with van der Waals surface area (Å²) in [6.07, 6.45) is 1.42. The highest BCUT2D eigenvalue weighted by molar-refractivity contribution is 7.80. The highest BCUT2D eigenvalue weighted by Crippen LogP contribution is 2.31. The van der Waals surface area contributed by atoms with E-state index >= 15 is 0 Å².